The van der Waals surface area contributed by atoms with Gasteiger partial charge in [0.2, 0.25) is 0 Å². The predicted octanol–water partition coefficient (Wildman–Crippen LogP) is 0.696. The first-order chi connectivity index (χ1) is 9.16. The number of hydrogen-bond donors (Lipinski definition) is 3. The molecule has 1 aromatic rings. The average Bonchev–Trinajstić information content (AvgIpc) is 2.80. The monoisotopic (exact) mass is 264 g/mol. The highest BCUT2D eigenvalue weighted by Crippen LogP contribution is 2.36. The van der Waals surface area contributed by atoms with E-state index in [0.717, 1.165) is 5.56 Å². The number of carboxylic acid groups (broad SMARTS) is 1. The van der Waals surface area contributed by atoms with Crippen LogP contribution in [0, 0.1) is 5.92 Å². The summed E-state index contributed by atoms with van der Waals surface area (Å²) >= 11 is 0. The molecule has 1 fully saturated rings. The zero-order chi connectivity index (χ0) is 13.4. The SMILES string of the molecule is CC1NNC(c2ccc3c(c2)OCCO3)C1C(=O)O. The van der Waals surface area contributed by atoms with Crippen LogP contribution in [0.5, 0.6) is 11.5 Å². The van der Waals surface area contributed by atoms with Crippen molar-refractivity contribution in [2.45, 2.75) is 19.0 Å². The van der Waals surface area contributed by atoms with Crippen LogP contribution in [0.1, 0.15) is 18.5 Å². The van der Waals surface area contributed by atoms with Gasteiger partial charge in [-0.05, 0) is 24.6 Å². The van der Waals surface area contributed by atoms with Crippen LogP contribution in [0.4, 0.5) is 0 Å². The molecule has 0 amide bonds. The number of aliphatic carboxylic acids is 1. The minimum Gasteiger partial charge on any atom is -0.486 e. The summed E-state index contributed by atoms with van der Waals surface area (Å²) in [6.45, 7) is 2.92. The van der Waals surface area contributed by atoms with Gasteiger partial charge >= 0.3 is 5.97 Å². The van der Waals surface area contributed by atoms with Gasteiger partial charge in [-0.2, -0.15) is 0 Å². The third kappa shape index (κ3) is 2.13. The van der Waals surface area contributed by atoms with E-state index in [2.05, 4.69) is 10.9 Å². The first-order valence-electron chi connectivity index (χ1n) is 6.30. The summed E-state index contributed by atoms with van der Waals surface area (Å²) in [4.78, 5) is 11.3. The molecule has 3 atom stereocenters. The summed E-state index contributed by atoms with van der Waals surface area (Å²) in [6.07, 6.45) is 0. The number of ether oxygens (including phenoxy) is 2. The molecular weight excluding hydrogens is 248 g/mol. The topological polar surface area (TPSA) is 79.8 Å². The maximum atomic E-state index is 11.3. The molecule has 0 aliphatic carbocycles. The van der Waals surface area contributed by atoms with E-state index < -0.39 is 11.9 Å². The Morgan fingerprint density at radius 1 is 1.26 bits per heavy atom. The molecule has 6 heteroatoms. The number of fused-ring (bicyclic) bond motifs is 1. The second-order valence-corrected chi connectivity index (χ2v) is 4.82. The Labute approximate surface area is 110 Å². The molecule has 0 saturated carbocycles. The van der Waals surface area contributed by atoms with Gasteiger partial charge in [0, 0.05) is 6.04 Å². The van der Waals surface area contributed by atoms with Gasteiger partial charge in [0.1, 0.15) is 13.2 Å². The van der Waals surface area contributed by atoms with Crippen LogP contribution in [-0.2, 0) is 4.79 Å². The maximum Gasteiger partial charge on any atom is 0.310 e. The first kappa shape index (κ1) is 12.3. The van der Waals surface area contributed by atoms with Crippen molar-refractivity contribution in [3.8, 4) is 11.5 Å². The van der Waals surface area contributed by atoms with Crippen LogP contribution in [0.15, 0.2) is 18.2 Å². The smallest absolute Gasteiger partial charge is 0.310 e. The highest BCUT2D eigenvalue weighted by atomic mass is 16.6. The van der Waals surface area contributed by atoms with E-state index in [-0.39, 0.29) is 12.1 Å². The first-order valence-corrected chi connectivity index (χ1v) is 6.30. The molecule has 0 bridgehead atoms. The normalized spacial score (nSPS) is 29.2. The highest BCUT2D eigenvalue weighted by Gasteiger charge is 2.39. The fourth-order valence-corrected chi connectivity index (χ4v) is 2.59. The molecule has 3 unspecified atom stereocenters. The fraction of sp³-hybridized carbons (Fsp3) is 0.462. The predicted molar refractivity (Wildman–Crippen MR) is 67.0 cm³/mol. The summed E-state index contributed by atoms with van der Waals surface area (Å²) in [7, 11) is 0. The lowest BCUT2D eigenvalue weighted by Crippen LogP contribution is -2.30. The van der Waals surface area contributed by atoms with Gasteiger partial charge in [0.25, 0.3) is 0 Å². The molecule has 2 aliphatic heterocycles. The summed E-state index contributed by atoms with van der Waals surface area (Å²) in [5, 5.41) is 9.32. The minimum atomic E-state index is -0.815. The molecular formula is C13H16N2O4. The summed E-state index contributed by atoms with van der Waals surface area (Å²) in [5.74, 6) is 0.0579. The number of hydrazine groups is 1. The van der Waals surface area contributed by atoms with Crippen LogP contribution in [0.2, 0.25) is 0 Å². The van der Waals surface area contributed by atoms with Gasteiger partial charge in [-0.25, -0.2) is 5.43 Å². The van der Waals surface area contributed by atoms with Crippen LogP contribution in [0.3, 0.4) is 0 Å². The molecule has 102 valence electrons. The van der Waals surface area contributed by atoms with E-state index in [0.29, 0.717) is 24.7 Å². The molecule has 1 aromatic carbocycles. The van der Waals surface area contributed by atoms with E-state index in [1.807, 2.05) is 25.1 Å². The van der Waals surface area contributed by atoms with Gasteiger partial charge in [0.15, 0.2) is 11.5 Å². The average molecular weight is 264 g/mol. The molecule has 0 spiro atoms. The third-order valence-corrected chi connectivity index (χ3v) is 3.57. The van der Waals surface area contributed by atoms with Gasteiger partial charge in [-0.15, -0.1) is 0 Å². The van der Waals surface area contributed by atoms with Gasteiger partial charge < -0.3 is 14.6 Å². The Morgan fingerprint density at radius 2 is 2.00 bits per heavy atom. The van der Waals surface area contributed by atoms with E-state index in [9.17, 15) is 9.90 Å². The number of carboxylic acids is 1. The van der Waals surface area contributed by atoms with Crippen molar-refractivity contribution in [2.75, 3.05) is 13.2 Å². The molecule has 0 radical (unpaired) electrons. The minimum absolute atomic E-state index is 0.129. The Morgan fingerprint density at radius 3 is 2.74 bits per heavy atom. The van der Waals surface area contributed by atoms with Crippen LogP contribution >= 0.6 is 0 Å². The van der Waals surface area contributed by atoms with Crippen molar-refractivity contribution in [3.63, 3.8) is 0 Å². The van der Waals surface area contributed by atoms with Gasteiger partial charge in [0.05, 0.1) is 12.0 Å². The van der Waals surface area contributed by atoms with Gasteiger partial charge in [-0.3, -0.25) is 10.2 Å². The van der Waals surface area contributed by atoms with Gasteiger partial charge in [-0.1, -0.05) is 6.07 Å². The summed E-state index contributed by atoms with van der Waals surface area (Å²) < 4.78 is 11.0. The van der Waals surface area contributed by atoms with E-state index in [4.69, 9.17) is 9.47 Å². The Kier molecular flexibility index (Phi) is 3.04. The molecule has 2 heterocycles. The lowest BCUT2D eigenvalue weighted by atomic mass is 9.90. The number of nitrogens with one attached hydrogen (secondary N) is 2. The Hall–Kier alpha value is -1.79. The van der Waals surface area contributed by atoms with E-state index in [1.165, 1.54) is 0 Å². The van der Waals surface area contributed by atoms with E-state index >= 15 is 0 Å². The van der Waals surface area contributed by atoms with Crippen molar-refractivity contribution in [1.29, 1.82) is 0 Å². The zero-order valence-corrected chi connectivity index (χ0v) is 10.6. The van der Waals surface area contributed by atoms with Crippen LogP contribution in [-0.4, -0.2) is 30.3 Å². The van der Waals surface area contributed by atoms with Crippen LogP contribution < -0.4 is 20.3 Å². The van der Waals surface area contributed by atoms with Crippen molar-refractivity contribution in [3.05, 3.63) is 23.8 Å². The number of benzene rings is 1. The van der Waals surface area contributed by atoms with Crippen molar-refractivity contribution < 1.29 is 19.4 Å². The molecule has 19 heavy (non-hydrogen) atoms. The molecule has 3 rings (SSSR count). The lowest BCUT2D eigenvalue weighted by Gasteiger charge is -2.22. The van der Waals surface area contributed by atoms with Crippen molar-refractivity contribution >= 4 is 5.97 Å². The zero-order valence-electron chi connectivity index (χ0n) is 10.6. The fourth-order valence-electron chi connectivity index (χ4n) is 2.59. The second-order valence-electron chi connectivity index (χ2n) is 4.82. The second kappa shape index (κ2) is 4.71. The number of rotatable bonds is 2. The number of carbonyl (C=O) groups is 1. The van der Waals surface area contributed by atoms with Crippen molar-refractivity contribution in [2.24, 2.45) is 5.92 Å². The standard InChI is InChI=1S/C13H16N2O4/c1-7-11(13(16)17)12(15-14-7)8-2-3-9-10(6-8)19-5-4-18-9/h2-3,6-7,11-12,14-15H,4-5H2,1H3,(H,16,17). The molecule has 2 aliphatic rings. The maximum absolute atomic E-state index is 11.3. The quantitative estimate of drug-likeness (QED) is 0.729. The Balaban J connectivity index is 1.91. The highest BCUT2D eigenvalue weighted by molar-refractivity contribution is 5.72. The molecule has 3 N–H and O–H groups in total. The van der Waals surface area contributed by atoms with E-state index in [1.54, 1.807) is 0 Å². The molecule has 1 saturated heterocycles. The van der Waals surface area contributed by atoms with Crippen molar-refractivity contribution in [1.82, 2.24) is 10.9 Å². The van der Waals surface area contributed by atoms with Crippen LogP contribution in [0.25, 0.3) is 0 Å². The lowest BCUT2D eigenvalue weighted by molar-refractivity contribution is -0.142. The molecule has 6 nitrogen and oxygen atoms in total. The summed E-state index contributed by atoms with van der Waals surface area (Å²) in [6, 6.07) is 5.15. The Bertz CT molecular complexity index is 505. The largest absolute Gasteiger partial charge is 0.486 e. The number of hydrogen-bond acceptors (Lipinski definition) is 5. The third-order valence-electron chi connectivity index (χ3n) is 3.57. The summed E-state index contributed by atoms with van der Waals surface area (Å²) in [5.41, 5.74) is 6.89. The molecule has 0 aromatic heterocycles.